The molecule has 9 nitrogen and oxygen atoms in total. The Morgan fingerprint density at radius 1 is 0.919 bits per heavy atom. The van der Waals surface area contributed by atoms with Gasteiger partial charge in [0, 0.05) is 28.2 Å². The predicted octanol–water partition coefficient (Wildman–Crippen LogP) is 5.18. The van der Waals surface area contributed by atoms with E-state index >= 15 is 0 Å². The molecule has 3 N–H and O–H groups in total. The lowest BCUT2D eigenvalue weighted by molar-refractivity contribution is -0.136. The third kappa shape index (κ3) is 5.95. The molecule has 0 bridgehead atoms. The van der Waals surface area contributed by atoms with Gasteiger partial charge in [-0.3, -0.25) is 14.4 Å². The lowest BCUT2D eigenvalue weighted by Gasteiger charge is -2.10. The summed E-state index contributed by atoms with van der Waals surface area (Å²) in [6.07, 6.45) is -0.0512. The minimum absolute atomic E-state index is 0.0512. The van der Waals surface area contributed by atoms with Gasteiger partial charge in [-0.2, -0.15) is 5.10 Å². The summed E-state index contributed by atoms with van der Waals surface area (Å²) in [6, 6.07) is 18.5. The summed E-state index contributed by atoms with van der Waals surface area (Å²) in [5.74, 6) is -1.45. The third-order valence-electron chi connectivity index (χ3n) is 5.78. The van der Waals surface area contributed by atoms with Gasteiger partial charge in [-0.25, -0.2) is 5.43 Å². The Labute approximate surface area is 213 Å². The number of nitrogens with zero attached hydrogens (tertiary/aromatic N) is 1. The predicted molar refractivity (Wildman–Crippen MR) is 144 cm³/mol. The van der Waals surface area contributed by atoms with Crippen LogP contribution in [0, 0.1) is 0 Å². The molecule has 1 heterocycles. The van der Waals surface area contributed by atoms with Crippen LogP contribution in [-0.2, 0) is 14.4 Å². The quantitative estimate of drug-likeness (QED) is 0.183. The second kappa shape index (κ2) is 10.9. The van der Waals surface area contributed by atoms with Gasteiger partial charge in [0.25, 0.3) is 0 Å². The molecule has 0 saturated heterocycles. The molecule has 4 rings (SSSR count). The van der Waals surface area contributed by atoms with Gasteiger partial charge in [0.15, 0.2) is 0 Å². The van der Waals surface area contributed by atoms with E-state index in [0.717, 1.165) is 10.8 Å². The lowest BCUT2D eigenvalue weighted by Crippen LogP contribution is -2.33. The molecule has 0 saturated carbocycles. The summed E-state index contributed by atoms with van der Waals surface area (Å²) in [5.41, 5.74) is 5.86. The molecule has 0 radical (unpaired) electrons. The average Bonchev–Trinajstić information content (AvgIpc) is 3.24. The van der Waals surface area contributed by atoms with Crippen LogP contribution in [0.5, 0.6) is 5.75 Å². The highest BCUT2D eigenvalue weighted by Gasteiger charge is 2.18. The van der Waals surface area contributed by atoms with Crippen molar-refractivity contribution in [2.45, 2.75) is 33.1 Å². The fourth-order valence-corrected chi connectivity index (χ4v) is 3.82. The minimum Gasteiger partial charge on any atom is -0.495 e. The molecule has 37 heavy (non-hydrogen) atoms. The number of carbonyl (C=O) groups excluding carboxylic acids is 3. The van der Waals surface area contributed by atoms with E-state index in [1.165, 1.54) is 12.7 Å². The van der Waals surface area contributed by atoms with Gasteiger partial charge in [-0.15, -0.1) is 0 Å². The van der Waals surface area contributed by atoms with Crippen LogP contribution in [0.25, 0.3) is 21.9 Å². The summed E-state index contributed by atoms with van der Waals surface area (Å²) in [5, 5.41) is 10.9. The highest BCUT2D eigenvalue weighted by Crippen LogP contribution is 2.36. The minimum atomic E-state index is -0.990. The molecule has 0 unspecified atom stereocenters. The first-order chi connectivity index (χ1) is 17.7. The van der Waals surface area contributed by atoms with E-state index in [-0.39, 0.29) is 18.0 Å². The summed E-state index contributed by atoms with van der Waals surface area (Å²) < 4.78 is 11.2. The number of rotatable bonds is 7. The molecule has 0 aliphatic rings. The van der Waals surface area contributed by atoms with Crippen molar-refractivity contribution < 1.29 is 23.5 Å². The molecule has 0 fully saturated rings. The summed E-state index contributed by atoms with van der Waals surface area (Å²) in [6.45, 7) is 5.77. The molecule has 190 valence electrons. The van der Waals surface area contributed by atoms with Crippen LogP contribution in [-0.4, -0.2) is 30.5 Å². The van der Waals surface area contributed by atoms with Crippen molar-refractivity contribution in [1.29, 1.82) is 0 Å². The lowest BCUT2D eigenvalue weighted by atomic mass is 10.0. The van der Waals surface area contributed by atoms with Crippen LogP contribution in [0.1, 0.15) is 38.7 Å². The van der Waals surface area contributed by atoms with Gasteiger partial charge < -0.3 is 19.8 Å². The summed E-state index contributed by atoms with van der Waals surface area (Å²) in [4.78, 5) is 37.1. The number of anilines is 2. The van der Waals surface area contributed by atoms with Crippen molar-refractivity contribution in [2.75, 3.05) is 17.7 Å². The first kappa shape index (κ1) is 25.4. The zero-order valence-electron chi connectivity index (χ0n) is 21.0. The Bertz CT molecular complexity index is 1500. The number of fused-ring (bicyclic) bond motifs is 3. The first-order valence-corrected chi connectivity index (χ1v) is 11.8. The van der Waals surface area contributed by atoms with E-state index in [4.69, 9.17) is 9.15 Å². The van der Waals surface area contributed by atoms with Crippen molar-refractivity contribution in [3.63, 3.8) is 0 Å². The molecule has 3 aromatic carbocycles. The van der Waals surface area contributed by atoms with E-state index in [0.29, 0.717) is 34.2 Å². The van der Waals surface area contributed by atoms with Gasteiger partial charge in [0.1, 0.15) is 16.9 Å². The van der Waals surface area contributed by atoms with Gasteiger partial charge >= 0.3 is 11.8 Å². The Morgan fingerprint density at radius 3 is 2.35 bits per heavy atom. The second-order valence-corrected chi connectivity index (χ2v) is 8.89. The Kier molecular flexibility index (Phi) is 7.52. The number of methoxy groups -OCH3 is 1. The molecule has 4 aromatic rings. The number of nitrogens with one attached hydrogen (secondary N) is 3. The fraction of sp³-hybridized carbons (Fsp3) is 0.214. The largest absolute Gasteiger partial charge is 0.495 e. The third-order valence-corrected chi connectivity index (χ3v) is 5.78. The second-order valence-electron chi connectivity index (χ2n) is 8.89. The maximum Gasteiger partial charge on any atom is 0.329 e. The van der Waals surface area contributed by atoms with Crippen molar-refractivity contribution in [3.8, 4) is 5.75 Å². The smallest absolute Gasteiger partial charge is 0.329 e. The van der Waals surface area contributed by atoms with Crippen LogP contribution < -0.4 is 20.8 Å². The van der Waals surface area contributed by atoms with Gasteiger partial charge in [0.2, 0.25) is 5.91 Å². The Hall–Kier alpha value is -4.66. The van der Waals surface area contributed by atoms with Crippen LogP contribution >= 0.6 is 0 Å². The number of hydrogen-bond donors (Lipinski definition) is 3. The first-order valence-electron chi connectivity index (χ1n) is 11.8. The van der Waals surface area contributed by atoms with Crippen LogP contribution in [0.4, 0.5) is 11.4 Å². The van der Waals surface area contributed by atoms with Gasteiger partial charge in [0.05, 0.1) is 19.2 Å². The van der Waals surface area contributed by atoms with Gasteiger partial charge in [-0.05, 0) is 42.7 Å². The number of furan rings is 1. The number of hydrazone groups is 1. The summed E-state index contributed by atoms with van der Waals surface area (Å²) >= 11 is 0. The van der Waals surface area contributed by atoms with Crippen LogP contribution in [0.2, 0.25) is 0 Å². The monoisotopic (exact) mass is 500 g/mol. The molecule has 0 aliphatic heterocycles. The van der Waals surface area contributed by atoms with Gasteiger partial charge in [-0.1, -0.05) is 44.2 Å². The molecule has 0 atom stereocenters. The van der Waals surface area contributed by atoms with E-state index in [1.807, 2.05) is 48.5 Å². The zero-order valence-corrected chi connectivity index (χ0v) is 21.0. The number of amides is 3. The van der Waals surface area contributed by atoms with Crippen LogP contribution in [0.3, 0.4) is 0 Å². The molecule has 3 amide bonds. The van der Waals surface area contributed by atoms with Crippen molar-refractivity contribution >= 4 is 56.7 Å². The standard InChI is InChI=1S/C28H28N4O5/c1-16(2)18-9-11-19(12-10-18)29-26(33)13-17(3)31-32-28(35)27(34)30-22-15-24-21(14-25(22)36-4)20-7-5-6-8-23(20)37-24/h5-12,14-16H,13H2,1-4H3,(H,29,33)(H,30,34)(H,32,35)/b31-17-. The molecule has 0 aliphatic carbocycles. The summed E-state index contributed by atoms with van der Waals surface area (Å²) in [7, 11) is 1.47. The number of para-hydroxylation sites is 1. The molecule has 1 aromatic heterocycles. The highest BCUT2D eigenvalue weighted by molar-refractivity contribution is 6.40. The van der Waals surface area contributed by atoms with Crippen LogP contribution in [0.15, 0.2) is 70.2 Å². The van der Waals surface area contributed by atoms with E-state index in [1.54, 1.807) is 19.1 Å². The van der Waals surface area contributed by atoms with E-state index in [9.17, 15) is 14.4 Å². The molecule has 9 heteroatoms. The number of hydrogen-bond acceptors (Lipinski definition) is 6. The topological polar surface area (TPSA) is 122 Å². The highest BCUT2D eigenvalue weighted by atomic mass is 16.5. The normalized spacial score (nSPS) is 11.5. The van der Waals surface area contributed by atoms with Crippen molar-refractivity contribution in [1.82, 2.24) is 5.43 Å². The van der Waals surface area contributed by atoms with E-state index in [2.05, 4.69) is 35.0 Å². The van der Waals surface area contributed by atoms with E-state index < -0.39 is 11.8 Å². The zero-order chi connectivity index (χ0) is 26.5. The van der Waals surface area contributed by atoms with Crippen molar-refractivity contribution in [2.24, 2.45) is 5.10 Å². The molecular weight excluding hydrogens is 472 g/mol. The Morgan fingerprint density at radius 2 is 1.65 bits per heavy atom. The SMILES string of the molecule is COc1cc2c(cc1NC(=O)C(=O)N/N=C(/C)CC(=O)Nc1ccc(C(C)C)cc1)oc1ccccc12. The maximum atomic E-state index is 12.5. The average molecular weight is 501 g/mol. The Balaban J connectivity index is 1.36. The number of carbonyl (C=O) groups is 3. The molecular formula is C28H28N4O5. The van der Waals surface area contributed by atoms with Crippen molar-refractivity contribution in [3.05, 3.63) is 66.2 Å². The number of benzene rings is 3. The fourth-order valence-electron chi connectivity index (χ4n) is 3.82. The molecule has 0 spiro atoms. The maximum absolute atomic E-state index is 12.5. The number of ether oxygens (including phenoxy) is 1.